The molecule has 0 amide bonds. The molecule has 0 aliphatic heterocycles. The van der Waals surface area contributed by atoms with Crippen molar-refractivity contribution in [3.05, 3.63) is 18.0 Å². The quantitative estimate of drug-likeness (QED) is 0.829. The lowest BCUT2D eigenvalue weighted by Gasteiger charge is -2.18. The lowest BCUT2D eigenvalue weighted by Crippen LogP contribution is -2.44. The summed E-state index contributed by atoms with van der Waals surface area (Å²) in [6, 6.07) is -0.757. The van der Waals surface area contributed by atoms with Crippen molar-refractivity contribution >= 4 is 5.97 Å². The molecule has 0 radical (unpaired) electrons. The van der Waals surface area contributed by atoms with Crippen LogP contribution >= 0.6 is 0 Å². The molecule has 8 heteroatoms. The molecule has 0 saturated carbocycles. The van der Waals surface area contributed by atoms with Crippen LogP contribution in [-0.2, 0) is 22.3 Å². The predicted octanol–water partition coefficient (Wildman–Crippen LogP) is 1.44. The fourth-order valence-corrected chi connectivity index (χ4v) is 1.54. The van der Waals surface area contributed by atoms with Crippen molar-refractivity contribution < 1.29 is 22.7 Å². The number of aromatic nitrogens is 2. The predicted molar refractivity (Wildman–Crippen MR) is 61.3 cm³/mol. The fraction of sp³-hybridized carbons (Fsp3) is 0.636. The Kier molecular flexibility index (Phi) is 4.93. The summed E-state index contributed by atoms with van der Waals surface area (Å²) in [6.07, 6.45) is -2.86. The molecule has 0 fully saturated rings. The minimum absolute atomic E-state index is 0.0123. The minimum atomic E-state index is -4.44. The number of hydrogen-bond acceptors (Lipinski definition) is 4. The number of methoxy groups -OCH3 is 1. The molecule has 108 valence electrons. The summed E-state index contributed by atoms with van der Waals surface area (Å²) in [5, 5.41) is 6.51. The highest BCUT2D eigenvalue weighted by atomic mass is 19.4. The number of esters is 1. The SMILES string of the molecule is COC(=O)C(Cn1cc(C(F)(F)F)cn1)NC(C)C. The van der Waals surface area contributed by atoms with E-state index < -0.39 is 23.8 Å². The first-order chi connectivity index (χ1) is 8.74. The van der Waals surface area contributed by atoms with E-state index in [4.69, 9.17) is 0 Å². The Bertz CT molecular complexity index is 429. The number of carbonyl (C=O) groups is 1. The third kappa shape index (κ3) is 4.55. The number of rotatable bonds is 5. The van der Waals surface area contributed by atoms with Crippen LogP contribution in [0.15, 0.2) is 12.4 Å². The van der Waals surface area contributed by atoms with Gasteiger partial charge in [0.05, 0.1) is 25.4 Å². The second kappa shape index (κ2) is 6.05. The van der Waals surface area contributed by atoms with Gasteiger partial charge < -0.3 is 10.1 Å². The number of nitrogens with one attached hydrogen (secondary N) is 1. The molecule has 1 atom stereocenters. The van der Waals surface area contributed by atoms with Gasteiger partial charge in [0.2, 0.25) is 0 Å². The first-order valence-electron chi connectivity index (χ1n) is 5.67. The molecule has 1 heterocycles. The lowest BCUT2D eigenvalue weighted by molar-refractivity contribution is -0.143. The van der Waals surface area contributed by atoms with Gasteiger partial charge in [-0.15, -0.1) is 0 Å². The minimum Gasteiger partial charge on any atom is -0.468 e. The van der Waals surface area contributed by atoms with Gasteiger partial charge in [0.1, 0.15) is 6.04 Å². The fourth-order valence-electron chi connectivity index (χ4n) is 1.54. The molecule has 1 unspecified atom stereocenters. The molecule has 1 aromatic rings. The monoisotopic (exact) mass is 279 g/mol. The first kappa shape index (κ1) is 15.5. The van der Waals surface area contributed by atoms with Crippen molar-refractivity contribution in [1.82, 2.24) is 15.1 Å². The van der Waals surface area contributed by atoms with Crippen LogP contribution in [0, 0.1) is 0 Å². The molecule has 1 aromatic heterocycles. The molecule has 0 bridgehead atoms. The smallest absolute Gasteiger partial charge is 0.419 e. The Morgan fingerprint density at radius 2 is 2.16 bits per heavy atom. The zero-order valence-electron chi connectivity index (χ0n) is 10.9. The van der Waals surface area contributed by atoms with Crippen LogP contribution in [-0.4, -0.2) is 34.9 Å². The molecule has 0 saturated heterocycles. The van der Waals surface area contributed by atoms with E-state index in [-0.39, 0.29) is 12.6 Å². The van der Waals surface area contributed by atoms with Gasteiger partial charge in [0, 0.05) is 12.2 Å². The third-order valence-corrected chi connectivity index (χ3v) is 2.35. The molecule has 19 heavy (non-hydrogen) atoms. The number of hydrogen-bond donors (Lipinski definition) is 1. The van der Waals surface area contributed by atoms with Crippen LogP contribution in [0.2, 0.25) is 0 Å². The first-order valence-corrected chi connectivity index (χ1v) is 5.67. The van der Waals surface area contributed by atoms with E-state index in [0.717, 1.165) is 17.1 Å². The number of ether oxygens (including phenoxy) is 1. The van der Waals surface area contributed by atoms with Gasteiger partial charge in [-0.2, -0.15) is 18.3 Å². The van der Waals surface area contributed by atoms with Crippen LogP contribution in [0.1, 0.15) is 19.4 Å². The third-order valence-electron chi connectivity index (χ3n) is 2.35. The summed E-state index contributed by atoms with van der Waals surface area (Å²) in [6.45, 7) is 3.61. The van der Waals surface area contributed by atoms with Crippen LogP contribution in [0.3, 0.4) is 0 Å². The standard InChI is InChI=1S/C11H16F3N3O2/c1-7(2)16-9(10(18)19-3)6-17-5-8(4-15-17)11(12,13)14/h4-5,7,9,16H,6H2,1-3H3. The van der Waals surface area contributed by atoms with Gasteiger partial charge >= 0.3 is 12.1 Å². The van der Waals surface area contributed by atoms with E-state index >= 15 is 0 Å². The molecular weight excluding hydrogens is 263 g/mol. The Hall–Kier alpha value is -1.57. The highest BCUT2D eigenvalue weighted by molar-refractivity contribution is 5.75. The van der Waals surface area contributed by atoms with Crippen molar-refractivity contribution in [3.8, 4) is 0 Å². The number of halogens is 3. The topological polar surface area (TPSA) is 56.2 Å². The summed E-state index contributed by atoms with van der Waals surface area (Å²) < 4.78 is 42.9. The largest absolute Gasteiger partial charge is 0.468 e. The lowest BCUT2D eigenvalue weighted by atomic mass is 10.2. The van der Waals surface area contributed by atoms with Crippen LogP contribution in [0.5, 0.6) is 0 Å². The maximum absolute atomic E-state index is 12.4. The van der Waals surface area contributed by atoms with E-state index in [9.17, 15) is 18.0 Å². The van der Waals surface area contributed by atoms with Gasteiger partial charge in [-0.05, 0) is 0 Å². The maximum atomic E-state index is 12.4. The highest BCUT2D eigenvalue weighted by Crippen LogP contribution is 2.28. The van der Waals surface area contributed by atoms with E-state index in [1.54, 1.807) is 0 Å². The second-order valence-electron chi connectivity index (χ2n) is 4.35. The second-order valence-corrected chi connectivity index (χ2v) is 4.35. The highest BCUT2D eigenvalue weighted by Gasteiger charge is 2.32. The zero-order valence-corrected chi connectivity index (χ0v) is 10.9. The number of alkyl halides is 3. The van der Waals surface area contributed by atoms with Crippen LogP contribution in [0.4, 0.5) is 13.2 Å². The average Bonchev–Trinajstić information content (AvgIpc) is 2.74. The molecule has 0 spiro atoms. The molecule has 1 rings (SSSR count). The normalized spacial score (nSPS) is 13.6. The van der Waals surface area contributed by atoms with E-state index in [2.05, 4.69) is 15.2 Å². The molecule has 0 aliphatic carbocycles. The summed E-state index contributed by atoms with van der Waals surface area (Å²) in [4.78, 5) is 11.5. The summed E-state index contributed by atoms with van der Waals surface area (Å²) in [5.41, 5.74) is -0.847. The number of nitrogens with zero attached hydrogens (tertiary/aromatic N) is 2. The molecule has 5 nitrogen and oxygen atoms in total. The Morgan fingerprint density at radius 1 is 1.53 bits per heavy atom. The average molecular weight is 279 g/mol. The van der Waals surface area contributed by atoms with Gasteiger partial charge in [-0.3, -0.25) is 9.48 Å². The molecular formula is C11H16F3N3O2. The Morgan fingerprint density at radius 3 is 2.58 bits per heavy atom. The van der Waals surface area contributed by atoms with Crippen molar-refractivity contribution in [2.45, 2.75) is 38.7 Å². The summed E-state index contributed by atoms with van der Waals surface area (Å²) >= 11 is 0. The Balaban J connectivity index is 2.79. The van der Waals surface area contributed by atoms with E-state index in [1.807, 2.05) is 13.8 Å². The Labute approximate surface area is 108 Å². The number of carbonyl (C=O) groups excluding carboxylic acids is 1. The van der Waals surface area contributed by atoms with Gasteiger partial charge in [0.25, 0.3) is 0 Å². The van der Waals surface area contributed by atoms with E-state index in [0.29, 0.717) is 0 Å². The summed E-state index contributed by atoms with van der Waals surface area (Å²) in [5.74, 6) is -0.544. The van der Waals surface area contributed by atoms with E-state index in [1.165, 1.54) is 7.11 Å². The van der Waals surface area contributed by atoms with Gasteiger partial charge in [-0.25, -0.2) is 0 Å². The molecule has 1 N–H and O–H groups in total. The van der Waals surface area contributed by atoms with Crippen molar-refractivity contribution in [2.75, 3.05) is 7.11 Å². The van der Waals surface area contributed by atoms with Crippen molar-refractivity contribution in [2.24, 2.45) is 0 Å². The van der Waals surface area contributed by atoms with Gasteiger partial charge in [0.15, 0.2) is 0 Å². The maximum Gasteiger partial charge on any atom is 0.419 e. The molecule has 0 aromatic carbocycles. The van der Waals surface area contributed by atoms with Crippen LogP contribution in [0.25, 0.3) is 0 Å². The zero-order chi connectivity index (χ0) is 14.6. The van der Waals surface area contributed by atoms with Crippen LogP contribution < -0.4 is 5.32 Å². The summed E-state index contributed by atoms with van der Waals surface area (Å²) in [7, 11) is 1.22. The van der Waals surface area contributed by atoms with Crippen molar-refractivity contribution in [1.29, 1.82) is 0 Å². The van der Waals surface area contributed by atoms with Crippen molar-refractivity contribution in [3.63, 3.8) is 0 Å². The van der Waals surface area contributed by atoms with Gasteiger partial charge in [-0.1, -0.05) is 13.8 Å². The molecule has 0 aliphatic rings.